The SMILES string of the molecule is CCN(Cc1ccccc1)c1cc(C)nc(N2CCCCCC2)n1. The minimum Gasteiger partial charge on any atom is -0.352 e. The number of aromatic nitrogens is 2. The van der Waals surface area contributed by atoms with Crippen molar-refractivity contribution in [1.29, 1.82) is 0 Å². The van der Waals surface area contributed by atoms with Crippen molar-refractivity contribution in [3.05, 3.63) is 47.7 Å². The molecular weight excluding hydrogens is 296 g/mol. The van der Waals surface area contributed by atoms with Crippen LogP contribution in [0, 0.1) is 6.92 Å². The molecule has 0 unspecified atom stereocenters. The molecule has 1 aromatic carbocycles. The summed E-state index contributed by atoms with van der Waals surface area (Å²) in [4.78, 5) is 14.3. The van der Waals surface area contributed by atoms with Crippen LogP contribution >= 0.6 is 0 Å². The van der Waals surface area contributed by atoms with E-state index < -0.39 is 0 Å². The zero-order valence-corrected chi connectivity index (χ0v) is 14.9. The second-order valence-corrected chi connectivity index (χ2v) is 6.57. The summed E-state index contributed by atoms with van der Waals surface area (Å²) in [5.41, 5.74) is 2.36. The van der Waals surface area contributed by atoms with Crippen LogP contribution in [-0.4, -0.2) is 29.6 Å². The maximum Gasteiger partial charge on any atom is 0.227 e. The van der Waals surface area contributed by atoms with Gasteiger partial charge in [0.2, 0.25) is 5.95 Å². The molecule has 0 atom stereocenters. The highest BCUT2D eigenvalue weighted by Crippen LogP contribution is 2.21. The second kappa shape index (κ2) is 8.13. The monoisotopic (exact) mass is 324 g/mol. The molecule has 0 aliphatic carbocycles. The van der Waals surface area contributed by atoms with E-state index in [0.29, 0.717) is 0 Å². The van der Waals surface area contributed by atoms with E-state index >= 15 is 0 Å². The van der Waals surface area contributed by atoms with Gasteiger partial charge in [0, 0.05) is 37.9 Å². The van der Waals surface area contributed by atoms with Gasteiger partial charge in [0.25, 0.3) is 0 Å². The second-order valence-electron chi connectivity index (χ2n) is 6.57. The standard InChI is InChI=1S/C20H28N4/c1-3-23(16-18-11-7-6-8-12-18)19-15-17(2)21-20(22-19)24-13-9-4-5-10-14-24/h6-8,11-12,15H,3-5,9-10,13-14,16H2,1-2H3. The lowest BCUT2D eigenvalue weighted by molar-refractivity contribution is 0.726. The zero-order valence-electron chi connectivity index (χ0n) is 14.9. The average Bonchev–Trinajstić information content (AvgIpc) is 2.89. The lowest BCUT2D eigenvalue weighted by Crippen LogP contribution is -2.28. The number of aryl methyl sites for hydroxylation is 1. The van der Waals surface area contributed by atoms with Gasteiger partial charge >= 0.3 is 0 Å². The third-order valence-corrected chi connectivity index (χ3v) is 4.64. The van der Waals surface area contributed by atoms with Crippen LogP contribution < -0.4 is 9.80 Å². The molecule has 0 radical (unpaired) electrons. The molecule has 1 fully saturated rings. The molecule has 24 heavy (non-hydrogen) atoms. The van der Waals surface area contributed by atoms with Gasteiger partial charge in [-0.05, 0) is 32.3 Å². The Bertz CT molecular complexity index is 633. The summed E-state index contributed by atoms with van der Waals surface area (Å²) < 4.78 is 0. The molecule has 2 aromatic rings. The fourth-order valence-electron chi connectivity index (χ4n) is 3.27. The van der Waals surface area contributed by atoms with Gasteiger partial charge in [-0.25, -0.2) is 4.98 Å². The van der Waals surface area contributed by atoms with E-state index in [1.165, 1.54) is 31.2 Å². The summed E-state index contributed by atoms with van der Waals surface area (Å²) in [6.45, 7) is 8.23. The Labute approximate surface area is 145 Å². The van der Waals surface area contributed by atoms with Crippen LogP contribution in [0.5, 0.6) is 0 Å². The third kappa shape index (κ3) is 4.25. The van der Waals surface area contributed by atoms with Crippen molar-refractivity contribution < 1.29 is 0 Å². The summed E-state index contributed by atoms with van der Waals surface area (Å²) in [5.74, 6) is 1.94. The van der Waals surface area contributed by atoms with E-state index in [1.807, 2.05) is 0 Å². The van der Waals surface area contributed by atoms with Crippen molar-refractivity contribution in [2.75, 3.05) is 29.4 Å². The van der Waals surface area contributed by atoms with Gasteiger partial charge in [-0.3, -0.25) is 0 Å². The van der Waals surface area contributed by atoms with Crippen molar-refractivity contribution in [3.63, 3.8) is 0 Å². The fourth-order valence-corrected chi connectivity index (χ4v) is 3.27. The first-order valence-electron chi connectivity index (χ1n) is 9.16. The number of anilines is 2. The minimum absolute atomic E-state index is 0.882. The summed E-state index contributed by atoms with van der Waals surface area (Å²) in [7, 11) is 0. The van der Waals surface area contributed by atoms with Gasteiger partial charge in [0.1, 0.15) is 5.82 Å². The van der Waals surface area contributed by atoms with Crippen LogP contribution in [0.4, 0.5) is 11.8 Å². The predicted octanol–water partition coefficient (Wildman–Crippen LogP) is 4.19. The molecule has 1 aromatic heterocycles. The molecule has 4 heteroatoms. The molecule has 1 aliphatic heterocycles. The lowest BCUT2D eigenvalue weighted by Gasteiger charge is -2.26. The molecule has 0 spiro atoms. The molecule has 1 aliphatic rings. The molecular formula is C20H28N4. The number of rotatable bonds is 5. The van der Waals surface area contributed by atoms with Gasteiger partial charge in [0.15, 0.2) is 0 Å². The Hall–Kier alpha value is -2.10. The van der Waals surface area contributed by atoms with E-state index in [0.717, 1.165) is 43.6 Å². The first-order valence-corrected chi connectivity index (χ1v) is 9.16. The van der Waals surface area contributed by atoms with Crippen molar-refractivity contribution in [2.45, 2.75) is 46.1 Å². The Kier molecular flexibility index (Phi) is 5.68. The summed E-state index contributed by atoms with van der Waals surface area (Å²) >= 11 is 0. The summed E-state index contributed by atoms with van der Waals surface area (Å²) in [6.07, 6.45) is 5.14. The van der Waals surface area contributed by atoms with E-state index in [4.69, 9.17) is 9.97 Å². The van der Waals surface area contributed by atoms with Crippen molar-refractivity contribution >= 4 is 11.8 Å². The van der Waals surface area contributed by atoms with Crippen LogP contribution in [0.1, 0.15) is 43.9 Å². The van der Waals surface area contributed by atoms with Crippen molar-refractivity contribution in [1.82, 2.24) is 9.97 Å². The van der Waals surface area contributed by atoms with Crippen LogP contribution in [0.2, 0.25) is 0 Å². The van der Waals surface area contributed by atoms with Gasteiger partial charge in [-0.15, -0.1) is 0 Å². The van der Waals surface area contributed by atoms with Gasteiger partial charge < -0.3 is 9.80 Å². The fraction of sp³-hybridized carbons (Fsp3) is 0.500. The molecule has 0 saturated carbocycles. The third-order valence-electron chi connectivity index (χ3n) is 4.64. The van der Waals surface area contributed by atoms with E-state index in [9.17, 15) is 0 Å². The molecule has 3 rings (SSSR count). The van der Waals surface area contributed by atoms with Crippen molar-refractivity contribution in [2.24, 2.45) is 0 Å². The zero-order chi connectivity index (χ0) is 16.8. The van der Waals surface area contributed by atoms with Crippen LogP contribution in [0.3, 0.4) is 0 Å². The van der Waals surface area contributed by atoms with Gasteiger partial charge in [-0.1, -0.05) is 43.2 Å². The molecule has 2 heterocycles. The lowest BCUT2D eigenvalue weighted by atomic mass is 10.2. The highest BCUT2D eigenvalue weighted by molar-refractivity contribution is 5.46. The average molecular weight is 324 g/mol. The van der Waals surface area contributed by atoms with Crippen LogP contribution in [0.25, 0.3) is 0 Å². The molecule has 0 amide bonds. The Morgan fingerprint density at radius 1 is 1.00 bits per heavy atom. The molecule has 4 nitrogen and oxygen atoms in total. The number of hydrogen-bond donors (Lipinski definition) is 0. The van der Waals surface area contributed by atoms with E-state index in [2.05, 4.69) is 60.0 Å². The Morgan fingerprint density at radius 3 is 2.38 bits per heavy atom. The van der Waals surface area contributed by atoms with E-state index in [1.54, 1.807) is 0 Å². The smallest absolute Gasteiger partial charge is 0.227 e. The number of hydrogen-bond acceptors (Lipinski definition) is 4. The maximum absolute atomic E-state index is 4.91. The first kappa shape index (κ1) is 16.7. The molecule has 1 saturated heterocycles. The molecule has 0 bridgehead atoms. The number of benzene rings is 1. The van der Waals surface area contributed by atoms with E-state index in [-0.39, 0.29) is 0 Å². The highest BCUT2D eigenvalue weighted by atomic mass is 15.3. The Morgan fingerprint density at radius 2 is 1.71 bits per heavy atom. The quantitative estimate of drug-likeness (QED) is 0.825. The minimum atomic E-state index is 0.882. The Balaban J connectivity index is 1.83. The highest BCUT2D eigenvalue weighted by Gasteiger charge is 2.16. The number of nitrogens with zero attached hydrogens (tertiary/aromatic N) is 4. The van der Waals surface area contributed by atoms with Crippen molar-refractivity contribution in [3.8, 4) is 0 Å². The van der Waals surface area contributed by atoms with Gasteiger partial charge in [0.05, 0.1) is 0 Å². The maximum atomic E-state index is 4.91. The van der Waals surface area contributed by atoms with Gasteiger partial charge in [-0.2, -0.15) is 4.98 Å². The van der Waals surface area contributed by atoms with Crippen LogP contribution in [0.15, 0.2) is 36.4 Å². The topological polar surface area (TPSA) is 32.3 Å². The summed E-state index contributed by atoms with van der Waals surface area (Å²) in [6, 6.07) is 12.7. The first-order chi connectivity index (χ1) is 11.8. The largest absolute Gasteiger partial charge is 0.352 e. The predicted molar refractivity (Wildman–Crippen MR) is 101 cm³/mol. The normalized spacial score (nSPS) is 15.2. The van der Waals surface area contributed by atoms with Crippen LogP contribution in [-0.2, 0) is 6.54 Å². The molecule has 128 valence electrons. The summed E-state index contributed by atoms with van der Waals surface area (Å²) in [5, 5.41) is 0. The molecule has 0 N–H and O–H groups in total.